The number of nitrogens with zero attached hydrogens (tertiary/aromatic N) is 5. The number of para-hydroxylation sites is 1. The first-order valence-corrected chi connectivity index (χ1v) is 9.63. The van der Waals surface area contributed by atoms with Gasteiger partial charge in [-0.1, -0.05) is 18.2 Å². The van der Waals surface area contributed by atoms with Crippen LogP contribution in [0.1, 0.15) is 18.8 Å². The number of halogens is 1. The van der Waals surface area contributed by atoms with Gasteiger partial charge in [-0.15, -0.1) is 0 Å². The summed E-state index contributed by atoms with van der Waals surface area (Å²) in [5, 5.41) is 0. The Labute approximate surface area is 158 Å². The molecule has 5 nitrogen and oxygen atoms in total. The maximum absolute atomic E-state index is 4.42. The van der Waals surface area contributed by atoms with Crippen molar-refractivity contribution in [2.75, 3.05) is 51.2 Å². The lowest BCUT2D eigenvalue weighted by atomic mass is 10.2. The van der Waals surface area contributed by atoms with Crippen molar-refractivity contribution in [1.82, 2.24) is 19.8 Å². The molecule has 1 atom stereocenters. The summed E-state index contributed by atoms with van der Waals surface area (Å²) in [7, 11) is 2.15. The number of anilines is 1. The highest BCUT2D eigenvalue weighted by atomic mass is 79.9. The summed E-state index contributed by atoms with van der Waals surface area (Å²) in [6.07, 6.45) is 3.63. The molecule has 0 saturated carbocycles. The van der Waals surface area contributed by atoms with Crippen LogP contribution in [0, 0.1) is 0 Å². The average Bonchev–Trinajstić information content (AvgIpc) is 2.67. The lowest BCUT2D eigenvalue weighted by molar-refractivity contribution is 0.186. The fraction of sp³-hybridized carbons (Fsp3) is 0.474. The van der Waals surface area contributed by atoms with Crippen LogP contribution in [-0.2, 0) is 0 Å². The van der Waals surface area contributed by atoms with Crippen LogP contribution < -0.4 is 4.90 Å². The second kappa shape index (κ2) is 8.74. The second-order valence-electron chi connectivity index (χ2n) is 6.58. The Hall–Kier alpha value is -1.50. The van der Waals surface area contributed by atoms with E-state index in [9.17, 15) is 0 Å². The highest BCUT2D eigenvalue weighted by molar-refractivity contribution is 9.10. The van der Waals surface area contributed by atoms with Crippen LogP contribution in [-0.4, -0.2) is 66.1 Å². The molecule has 0 unspecified atom stereocenters. The standard InChI is InChI=1S/C19H26BrN5/c1-16(19-21-14-17(20)15-22-19)23(2)8-9-24-10-12-25(13-11-24)18-6-4-3-5-7-18/h3-7,14-16H,8-13H2,1-2H3/t16-/m0/s1. The minimum atomic E-state index is 0.221. The number of likely N-dealkylation sites (N-methyl/N-ethyl adjacent to an activating group) is 1. The monoisotopic (exact) mass is 403 g/mol. The molecule has 134 valence electrons. The van der Waals surface area contributed by atoms with Gasteiger partial charge < -0.3 is 4.90 Å². The SMILES string of the molecule is C[C@@H](c1ncc(Br)cn1)N(C)CCN1CCN(c2ccccc2)CC1. The van der Waals surface area contributed by atoms with Crippen molar-refractivity contribution >= 4 is 21.6 Å². The van der Waals surface area contributed by atoms with E-state index in [4.69, 9.17) is 0 Å². The van der Waals surface area contributed by atoms with Gasteiger partial charge in [0.1, 0.15) is 5.82 Å². The predicted molar refractivity (Wildman–Crippen MR) is 106 cm³/mol. The van der Waals surface area contributed by atoms with Crippen molar-refractivity contribution < 1.29 is 0 Å². The molecule has 2 heterocycles. The molecular formula is C19H26BrN5. The summed E-state index contributed by atoms with van der Waals surface area (Å²) in [6, 6.07) is 10.9. The Morgan fingerprint density at radius 1 is 1.08 bits per heavy atom. The van der Waals surface area contributed by atoms with Gasteiger partial charge in [0.15, 0.2) is 0 Å². The molecule has 0 aliphatic carbocycles. The van der Waals surface area contributed by atoms with Gasteiger partial charge in [0.05, 0.1) is 10.5 Å². The van der Waals surface area contributed by atoms with Gasteiger partial charge in [0, 0.05) is 57.3 Å². The van der Waals surface area contributed by atoms with Crippen molar-refractivity contribution in [2.24, 2.45) is 0 Å². The van der Waals surface area contributed by atoms with Crippen LogP contribution in [0.4, 0.5) is 5.69 Å². The van der Waals surface area contributed by atoms with E-state index < -0.39 is 0 Å². The van der Waals surface area contributed by atoms with Crippen molar-refractivity contribution in [2.45, 2.75) is 13.0 Å². The molecule has 3 rings (SSSR count). The lowest BCUT2D eigenvalue weighted by Crippen LogP contribution is -2.48. The molecule has 0 N–H and O–H groups in total. The van der Waals surface area contributed by atoms with Crippen LogP contribution >= 0.6 is 15.9 Å². The third-order valence-electron chi connectivity index (χ3n) is 4.94. The molecule has 0 radical (unpaired) electrons. The lowest BCUT2D eigenvalue weighted by Gasteiger charge is -2.37. The maximum atomic E-state index is 4.42. The molecule has 0 amide bonds. The molecule has 1 aliphatic rings. The first-order valence-electron chi connectivity index (χ1n) is 8.83. The number of hydrogen-bond acceptors (Lipinski definition) is 5. The molecule has 25 heavy (non-hydrogen) atoms. The average molecular weight is 404 g/mol. The number of rotatable bonds is 6. The van der Waals surface area contributed by atoms with Crippen LogP contribution in [0.5, 0.6) is 0 Å². The Balaban J connectivity index is 1.44. The summed E-state index contributed by atoms with van der Waals surface area (Å²) >= 11 is 3.39. The van der Waals surface area contributed by atoms with E-state index in [0.29, 0.717) is 0 Å². The summed E-state index contributed by atoms with van der Waals surface area (Å²) in [6.45, 7) is 8.69. The Morgan fingerprint density at radius 3 is 2.36 bits per heavy atom. The number of piperazine rings is 1. The van der Waals surface area contributed by atoms with Gasteiger partial charge in [0.25, 0.3) is 0 Å². The normalized spacial score (nSPS) is 17.0. The Kier molecular flexibility index (Phi) is 6.39. The van der Waals surface area contributed by atoms with Gasteiger partial charge in [-0.25, -0.2) is 9.97 Å². The van der Waals surface area contributed by atoms with Crippen LogP contribution in [0.15, 0.2) is 47.2 Å². The zero-order valence-electron chi connectivity index (χ0n) is 15.0. The molecular weight excluding hydrogens is 378 g/mol. The largest absolute Gasteiger partial charge is 0.369 e. The predicted octanol–water partition coefficient (Wildman–Crippen LogP) is 3.05. The zero-order valence-corrected chi connectivity index (χ0v) is 16.6. The van der Waals surface area contributed by atoms with Gasteiger partial charge in [-0.05, 0) is 42.0 Å². The molecule has 1 aromatic heterocycles. The molecule has 1 aromatic carbocycles. The van der Waals surface area contributed by atoms with Gasteiger partial charge >= 0.3 is 0 Å². The van der Waals surface area contributed by atoms with Gasteiger partial charge in [-0.2, -0.15) is 0 Å². The second-order valence-corrected chi connectivity index (χ2v) is 7.50. The molecule has 2 aromatic rings. The van der Waals surface area contributed by atoms with E-state index in [-0.39, 0.29) is 6.04 Å². The third kappa shape index (κ3) is 5.00. The fourth-order valence-electron chi connectivity index (χ4n) is 3.10. The molecule has 0 spiro atoms. The van der Waals surface area contributed by atoms with Crippen LogP contribution in [0.3, 0.4) is 0 Å². The van der Waals surface area contributed by atoms with Crippen molar-refractivity contribution in [3.8, 4) is 0 Å². The highest BCUT2D eigenvalue weighted by Gasteiger charge is 2.19. The minimum Gasteiger partial charge on any atom is -0.369 e. The maximum Gasteiger partial charge on any atom is 0.145 e. The Morgan fingerprint density at radius 2 is 1.72 bits per heavy atom. The quantitative estimate of drug-likeness (QED) is 0.740. The number of hydrogen-bond donors (Lipinski definition) is 0. The molecule has 6 heteroatoms. The molecule has 0 bridgehead atoms. The topological polar surface area (TPSA) is 35.5 Å². The van der Waals surface area contributed by atoms with E-state index >= 15 is 0 Å². The van der Waals surface area contributed by atoms with Crippen molar-refractivity contribution in [3.05, 3.63) is 53.0 Å². The Bertz CT molecular complexity index is 641. The van der Waals surface area contributed by atoms with E-state index in [2.05, 4.69) is 84.9 Å². The van der Waals surface area contributed by atoms with Crippen LogP contribution in [0.2, 0.25) is 0 Å². The highest BCUT2D eigenvalue weighted by Crippen LogP contribution is 2.17. The summed E-state index contributed by atoms with van der Waals surface area (Å²) in [5.74, 6) is 0.875. The summed E-state index contributed by atoms with van der Waals surface area (Å²) in [5.41, 5.74) is 1.33. The van der Waals surface area contributed by atoms with E-state index in [1.54, 1.807) is 0 Å². The van der Waals surface area contributed by atoms with Gasteiger partial charge in [0.2, 0.25) is 0 Å². The van der Waals surface area contributed by atoms with E-state index in [0.717, 1.165) is 49.6 Å². The molecule has 1 fully saturated rings. The molecule has 1 saturated heterocycles. The minimum absolute atomic E-state index is 0.221. The van der Waals surface area contributed by atoms with Crippen molar-refractivity contribution in [1.29, 1.82) is 0 Å². The molecule has 1 aliphatic heterocycles. The van der Waals surface area contributed by atoms with Crippen LogP contribution in [0.25, 0.3) is 0 Å². The van der Waals surface area contributed by atoms with Crippen molar-refractivity contribution in [3.63, 3.8) is 0 Å². The summed E-state index contributed by atoms with van der Waals surface area (Å²) < 4.78 is 0.919. The number of aromatic nitrogens is 2. The third-order valence-corrected chi connectivity index (χ3v) is 5.35. The summed E-state index contributed by atoms with van der Waals surface area (Å²) in [4.78, 5) is 16.2. The fourth-order valence-corrected chi connectivity index (χ4v) is 3.30. The zero-order chi connectivity index (χ0) is 17.6. The first kappa shape index (κ1) is 18.3. The smallest absolute Gasteiger partial charge is 0.145 e. The number of benzene rings is 1. The van der Waals surface area contributed by atoms with E-state index in [1.165, 1.54) is 5.69 Å². The van der Waals surface area contributed by atoms with Gasteiger partial charge in [-0.3, -0.25) is 9.80 Å². The van der Waals surface area contributed by atoms with E-state index in [1.807, 2.05) is 12.4 Å². The first-order chi connectivity index (χ1) is 12.1.